The van der Waals surface area contributed by atoms with Gasteiger partial charge in [0, 0.05) is 6.04 Å². The van der Waals surface area contributed by atoms with Gasteiger partial charge in [-0.05, 0) is 39.2 Å². The third-order valence-corrected chi connectivity index (χ3v) is 2.50. The third kappa shape index (κ3) is 6.79. The number of amides is 1. The van der Waals surface area contributed by atoms with E-state index in [1.807, 2.05) is 30.3 Å². The Labute approximate surface area is 114 Å². The molecule has 1 amide bonds. The van der Waals surface area contributed by atoms with Gasteiger partial charge in [-0.1, -0.05) is 30.3 Å². The van der Waals surface area contributed by atoms with E-state index in [2.05, 4.69) is 5.32 Å². The lowest BCUT2D eigenvalue weighted by molar-refractivity contribution is 0.0500. The van der Waals surface area contributed by atoms with Crippen LogP contribution in [0.2, 0.25) is 0 Å². The molecule has 106 valence electrons. The Morgan fingerprint density at radius 2 is 1.95 bits per heavy atom. The van der Waals surface area contributed by atoms with Gasteiger partial charge < -0.3 is 10.1 Å². The molecule has 0 heterocycles. The second kappa shape index (κ2) is 7.12. The van der Waals surface area contributed by atoms with E-state index in [1.54, 1.807) is 20.8 Å². The Kier molecular flexibility index (Phi) is 5.80. The molecule has 1 atom stereocenters. The van der Waals surface area contributed by atoms with E-state index in [4.69, 9.17) is 4.74 Å². The summed E-state index contributed by atoms with van der Waals surface area (Å²) in [5.41, 5.74) is 0.522. The fraction of sp³-hybridized carbons (Fsp3) is 0.533. The summed E-state index contributed by atoms with van der Waals surface area (Å²) >= 11 is 0. The molecule has 0 bridgehead atoms. The quantitative estimate of drug-likeness (QED) is 0.887. The summed E-state index contributed by atoms with van der Waals surface area (Å²) in [6.45, 7) is 4.93. The molecule has 1 rings (SSSR count). The van der Waals surface area contributed by atoms with Crippen molar-refractivity contribution in [1.82, 2.24) is 5.32 Å². The van der Waals surface area contributed by atoms with Crippen LogP contribution in [0.3, 0.4) is 0 Å². The summed E-state index contributed by atoms with van der Waals surface area (Å²) in [4.78, 5) is 11.7. The molecule has 0 aliphatic heterocycles. The molecule has 0 radical (unpaired) electrons. The van der Waals surface area contributed by atoms with Crippen molar-refractivity contribution in [2.45, 2.75) is 45.3 Å². The largest absolute Gasteiger partial charge is 0.444 e. The zero-order valence-corrected chi connectivity index (χ0v) is 11.8. The van der Waals surface area contributed by atoms with Crippen LogP contribution in [-0.4, -0.2) is 24.4 Å². The first-order valence-electron chi connectivity index (χ1n) is 6.50. The second-order valence-electron chi connectivity index (χ2n) is 5.51. The molecule has 1 aromatic carbocycles. The molecule has 0 aromatic heterocycles. The highest BCUT2D eigenvalue weighted by atomic mass is 19.1. The molecule has 1 N–H and O–H groups in total. The number of benzene rings is 1. The number of carbonyl (C=O) groups excluding carboxylic acids is 1. The molecule has 0 saturated heterocycles. The fourth-order valence-corrected chi connectivity index (χ4v) is 1.73. The highest BCUT2D eigenvalue weighted by Gasteiger charge is 2.19. The minimum atomic E-state index is -0.545. The van der Waals surface area contributed by atoms with Crippen LogP contribution in [0.1, 0.15) is 32.8 Å². The number of rotatable bonds is 5. The summed E-state index contributed by atoms with van der Waals surface area (Å²) in [6.07, 6.45) is 0.389. The molecule has 0 spiro atoms. The van der Waals surface area contributed by atoms with Crippen LogP contribution >= 0.6 is 0 Å². The molecule has 0 aliphatic carbocycles. The minimum Gasteiger partial charge on any atom is -0.444 e. The van der Waals surface area contributed by atoms with Gasteiger partial charge in [-0.3, -0.25) is 4.39 Å². The summed E-state index contributed by atoms with van der Waals surface area (Å²) in [7, 11) is 0. The van der Waals surface area contributed by atoms with Gasteiger partial charge in [0.1, 0.15) is 5.60 Å². The van der Waals surface area contributed by atoms with Crippen molar-refractivity contribution in [3.63, 3.8) is 0 Å². The number of alkyl halides is 1. The van der Waals surface area contributed by atoms with Gasteiger partial charge in [0.15, 0.2) is 0 Å². The van der Waals surface area contributed by atoms with Gasteiger partial charge in [0.2, 0.25) is 0 Å². The highest BCUT2D eigenvalue weighted by molar-refractivity contribution is 5.68. The molecule has 19 heavy (non-hydrogen) atoms. The first kappa shape index (κ1) is 15.5. The fourth-order valence-electron chi connectivity index (χ4n) is 1.73. The average Bonchev–Trinajstić information content (AvgIpc) is 2.27. The third-order valence-electron chi connectivity index (χ3n) is 2.50. The predicted octanol–water partition coefficient (Wildman–Crippen LogP) is 3.48. The topological polar surface area (TPSA) is 38.3 Å². The number of carbonyl (C=O) groups is 1. The summed E-state index contributed by atoms with van der Waals surface area (Å²) < 4.78 is 17.7. The van der Waals surface area contributed by atoms with Crippen molar-refractivity contribution in [3.05, 3.63) is 35.9 Å². The van der Waals surface area contributed by atoms with E-state index >= 15 is 0 Å². The van der Waals surface area contributed by atoms with Crippen LogP contribution in [-0.2, 0) is 11.2 Å². The molecule has 0 saturated carbocycles. The van der Waals surface area contributed by atoms with E-state index in [9.17, 15) is 9.18 Å². The van der Waals surface area contributed by atoms with Gasteiger partial charge in [-0.2, -0.15) is 0 Å². The van der Waals surface area contributed by atoms with Crippen LogP contribution in [0.5, 0.6) is 0 Å². The SMILES string of the molecule is CC(C)(C)OC(=O)N[C@H](CCF)Cc1ccccc1. The van der Waals surface area contributed by atoms with E-state index in [0.717, 1.165) is 5.56 Å². The highest BCUT2D eigenvalue weighted by Crippen LogP contribution is 2.10. The van der Waals surface area contributed by atoms with Gasteiger partial charge in [0.05, 0.1) is 6.67 Å². The summed E-state index contributed by atoms with van der Waals surface area (Å²) in [5, 5.41) is 2.72. The Bertz CT molecular complexity index is 387. The molecule has 0 fully saturated rings. The summed E-state index contributed by atoms with van der Waals surface area (Å²) in [5.74, 6) is 0. The standard InChI is InChI=1S/C15H22FNO2/c1-15(2,3)19-14(18)17-13(9-10-16)11-12-7-5-4-6-8-12/h4-8,13H,9-11H2,1-3H3,(H,17,18)/t13-/m1/s1. The maximum atomic E-state index is 12.5. The average molecular weight is 267 g/mol. The van der Waals surface area contributed by atoms with Crippen LogP contribution in [0.4, 0.5) is 9.18 Å². The Morgan fingerprint density at radius 1 is 1.32 bits per heavy atom. The van der Waals surface area contributed by atoms with Crippen LogP contribution in [0.15, 0.2) is 30.3 Å². The lowest BCUT2D eigenvalue weighted by Crippen LogP contribution is -2.40. The molecule has 3 nitrogen and oxygen atoms in total. The maximum Gasteiger partial charge on any atom is 0.407 e. The molecular weight excluding hydrogens is 245 g/mol. The maximum absolute atomic E-state index is 12.5. The van der Waals surface area contributed by atoms with Crippen molar-refractivity contribution in [2.75, 3.05) is 6.67 Å². The van der Waals surface area contributed by atoms with Crippen molar-refractivity contribution < 1.29 is 13.9 Å². The van der Waals surface area contributed by atoms with Crippen LogP contribution in [0, 0.1) is 0 Å². The number of alkyl carbamates (subject to hydrolysis) is 1. The van der Waals surface area contributed by atoms with E-state index < -0.39 is 18.4 Å². The monoisotopic (exact) mass is 267 g/mol. The molecule has 1 aromatic rings. The van der Waals surface area contributed by atoms with Gasteiger partial charge in [-0.15, -0.1) is 0 Å². The van der Waals surface area contributed by atoms with E-state index in [1.165, 1.54) is 0 Å². The van der Waals surface area contributed by atoms with Crippen LogP contribution < -0.4 is 5.32 Å². The van der Waals surface area contributed by atoms with Crippen molar-refractivity contribution in [2.24, 2.45) is 0 Å². The molecule has 4 heteroatoms. The van der Waals surface area contributed by atoms with Gasteiger partial charge in [-0.25, -0.2) is 4.79 Å². The predicted molar refractivity (Wildman–Crippen MR) is 73.9 cm³/mol. The second-order valence-corrected chi connectivity index (χ2v) is 5.51. The first-order chi connectivity index (χ1) is 8.90. The smallest absolute Gasteiger partial charge is 0.407 e. The number of nitrogens with one attached hydrogen (secondary N) is 1. The Balaban J connectivity index is 2.55. The van der Waals surface area contributed by atoms with Crippen LogP contribution in [0.25, 0.3) is 0 Å². The van der Waals surface area contributed by atoms with Gasteiger partial charge >= 0.3 is 6.09 Å². The zero-order valence-electron chi connectivity index (χ0n) is 11.8. The Hall–Kier alpha value is -1.58. The van der Waals surface area contributed by atoms with E-state index in [-0.39, 0.29) is 12.5 Å². The number of halogens is 1. The Morgan fingerprint density at radius 3 is 2.47 bits per heavy atom. The van der Waals surface area contributed by atoms with E-state index in [0.29, 0.717) is 6.42 Å². The van der Waals surface area contributed by atoms with Crippen molar-refractivity contribution in [1.29, 1.82) is 0 Å². The lowest BCUT2D eigenvalue weighted by atomic mass is 10.0. The molecular formula is C15H22FNO2. The lowest BCUT2D eigenvalue weighted by Gasteiger charge is -2.23. The molecule has 0 unspecified atom stereocenters. The minimum absolute atomic E-state index is 0.248. The van der Waals surface area contributed by atoms with Crippen molar-refractivity contribution >= 4 is 6.09 Å². The first-order valence-corrected chi connectivity index (χ1v) is 6.50. The molecule has 0 aliphatic rings. The summed E-state index contributed by atoms with van der Waals surface area (Å²) in [6, 6.07) is 9.45. The normalized spacial score (nSPS) is 12.8. The number of hydrogen-bond donors (Lipinski definition) is 1. The zero-order chi connectivity index (χ0) is 14.3. The number of hydrogen-bond acceptors (Lipinski definition) is 2. The number of ether oxygens (including phenoxy) is 1. The van der Waals surface area contributed by atoms with Crippen molar-refractivity contribution in [3.8, 4) is 0 Å². The van der Waals surface area contributed by atoms with Gasteiger partial charge in [0.25, 0.3) is 0 Å².